The minimum absolute atomic E-state index is 0.0555. The first-order chi connectivity index (χ1) is 15.2. The average Bonchev–Trinajstić information content (AvgIpc) is 3.09. The number of esters is 2. The lowest BCUT2D eigenvalue weighted by Gasteiger charge is -2.22. The summed E-state index contributed by atoms with van der Waals surface area (Å²) in [6.45, 7) is 2.04. The number of carbonyl (C=O) groups is 4. The second-order valence-electron chi connectivity index (χ2n) is 6.72. The number of hydrogen-bond acceptors (Lipinski definition) is 8. The van der Waals surface area contributed by atoms with Crippen LogP contribution in [0.5, 0.6) is 0 Å². The van der Waals surface area contributed by atoms with E-state index in [4.69, 9.17) is 21.1 Å². The van der Waals surface area contributed by atoms with Gasteiger partial charge in [0.2, 0.25) is 12.2 Å². The van der Waals surface area contributed by atoms with Crippen LogP contribution < -0.4 is 5.32 Å². The number of halogens is 1. The summed E-state index contributed by atoms with van der Waals surface area (Å²) in [7, 11) is 0. The molecule has 0 aliphatic heterocycles. The van der Waals surface area contributed by atoms with E-state index in [0.717, 1.165) is 29.9 Å². The molecule has 32 heavy (non-hydrogen) atoms. The van der Waals surface area contributed by atoms with E-state index in [9.17, 15) is 24.1 Å². The minimum atomic E-state index is -1.98. The number of rotatable bonds is 9. The third-order valence-electron chi connectivity index (χ3n) is 4.17. The highest BCUT2D eigenvalue weighted by molar-refractivity contribution is 7.10. The molecule has 0 saturated carbocycles. The first-order valence-corrected chi connectivity index (χ1v) is 10.8. The van der Waals surface area contributed by atoms with Crippen molar-refractivity contribution in [2.45, 2.75) is 44.4 Å². The normalized spacial score (nSPS) is 16.8. The van der Waals surface area contributed by atoms with E-state index in [1.807, 2.05) is 41.8 Å². The highest BCUT2D eigenvalue weighted by atomic mass is 35.5. The van der Waals surface area contributed by atoms with Crippen molar-refractivity contribution in [1.29, 1.82) is 0 Å². The molecule has 0 aromatic carbocycles. The lowest BCUT2D eigenvalue weighted by Crippen LogP contribution is -2.49. The quantitative estimate of drug-likeness (QED) is 0.327. The van der Waals surface area contributed by atoms with Gasteiger partial charge in [0.25, 0.3) is 5.91 Å². The van der Waals surface area contributed by atoms with Crippen molar-refractivity contribution in [3.8, 4) is 0 Å². The van der Waals surface area contributed by atoms with Crippen LogP contribution in [0.1, 0.15) is 24.3 Å². The second kappa shape index (κ2) is 12.1. The number of amides is 2. The first-order valence-electron chi connectivity index (χ1n) is 9.45. The Kier molecular flexibility index (Phi) is 9.48. The van der Waals surface area contributed by atoms with Crippen LogP contribution in [0.2, 0.25) is 0 Å². The van der Waals surface area contributed by atoms with Gasteiger partial charge in [0.1, 0.15) is 0 Å². The Morgan fingerprint density at radius 1 is 1.12 bits per heavy atom. The minimum Gasteiger partial charge on any atom is -0.448 e. The first kappa shape index (κ1) is 25.2. The second-order valence-corrected chi connectivity index (χ2v) is 8.18. The summed E-state index contributed by atoms with van der Waals surface area (Å²) in [5.74, 6) is -4.22. The van der Waals surface area contributed by atoms with Crippen molar-refractivity contribution in [2.24, 2.45) is 5.18 Å². The largest absolute Gasteiger partial charge is 0.448 e. The number of hydrogen-bond donors (Lipinski definition) is 1. The molecule has 0 spiro atoms. The van der Waals surface area contributed by atoms with E-state index in [1.165, 1.54) is 11.3 Å². The summed E-state index contributed by atoms with van der Waals surface area (Å²) in [6, 6.07) is 1.89. The number of nitrogens with one attached hydrogen (secondary N) is 1. The van der Waals surface area contributed by atoms with Gasteiger partial charge in [-0.3, -0.25) is 19.2 Å². The van der Waals surface area contributed by atoms with Crippen LogP contribution in [-0.4, -0.2) is 41.3 Å². The molecule has 0 saturated heterocycles. The molecule has 1 aromatic heterocycles. The summed E-state index contributed by atoms with van der Waals surface area (Å²) in [5, 5.41) is 6.40. The van der Waals surface area contributed by atoms with Crippen LogP contribution in [0.3, 0.4) is 0 Å². The standard InChI is InChI=1S/C21H21ClN2O7S/c1-12(25)30-18(19(21(28)24-29)31-13(2)26)20(27)23-10-16-9-14(11-32-16)8-15-6-4-3-5-7-17(15)22/h3-7,9,11,17-19H,8,10H2,1-2H3,(H,23,27)/t17?,18-,19-/m1/s1. The molecule has 1 aliphatic carbocycles. The predicted molar refractivity (Wildman–Crippen MR) is 118 cm³/mol. The van der Waals surface area contributed by atoms with Crippen molar-refractivity contribution in [3.05, 3.63) is 62.7 Å². The van der Waals surface area contributed by atoms with E-state index in [0.29, 0.717) is 6.42 Å². The van der Waals surface area contributed by atoms with Crippen molar-refractivity contribution in [1.82, 2.24) is 5.32 Å². The Morgan fingerprint density at radius 3 is 2.47 bits per heavy atom. The van der Waals surface area contributed by atoms with Crippen molar-refractivity contribution in [2.75, 3.05) is 0 Å². The van der Waals surface area contributed by atoms with Crippen LogP contribution in [0, 0.1) is 4.91 Å². The zero-order valence-electron chi connectivity index (χ0n) is 17.3. The molecular weight excluding hydrogens is 460 g/mol. The average molecular weight is 481 g/mol. The van der Waals surface area contributed by atoms with E-state index in [2.05, 4.69) is 10.5 Å². The molecule has 2 rings (SSSR count). The number of thiophene rings is 1. The van der Waals surface area contributed by atoms with Crippen LogP contribution in [0.15, 0.2) is 52.6 Å². The Hall–Kier alpha value is -3.11. The van der Waals surface area contributed by atoms with Crippen LogP contribution in [0.25, 0.3) is 0 Å². The van der Waals surface area contributed by atoms with E-state index >= 15 is 0 Å². The summed E-state index contributed by atoms with van der Waals surface area (Å²) < 4.78 is 9.54. The van der Waals surface area contributed by atoms with Gasteiger partial charge in [-0.2, -0.15) is 0 Å². The lowest BCUT2D eigenvalue weighted by molar-refractivity contribution is -0.173. The maximum Gasteiger partial charge on any atom is 0.331 e. The molecule has 1 heterocycles. The highest BCUT2D eigenvalue weighted by Crippen LogP contribution is 2.23. The fourth-order valence-corrected chi connectivity index (χ4v) is 3.87. The number of allylic oxidation sites excluding steroid dienone is 6. The fourth-order valence-electron chi connectivity index (χ4n) is 2.80. The molecular formula is C21H21ClN2O7S. The Bertz CT molecular complexity index is 983. The Labute approximate surface area is 193 Å². The van der Waals surface area contributed by atoms with Gasteiger partial charge in [0, 0.05) is 23.9 Å². The van der Waals surface area contributed by atoms with Crippen LogP contribution >= 0.6 is 22.9 Å². The molecule has 0 radical (unpaired) electrons. The maximum absolute atomic E-state index is 12.6. The Balaban J connectivity index is 2.07. The number of alkyl halides is 1. The molecule has 1 N–H and O–H groups in total. The third-order valence-corrected chi connectivity index (χ3v) is 5.58. The molecule has 1 aromatic rings. The third kappa shape index (κ3) is 7.54. The van der Waals surface area contributed by atoms with E-state index in [1.54, 1.807) is 0 Å². The van der Waals surface area contributed by atoms with Crippen LogP contribution in [0.4, 0.5) is 0 Å². The van der Waals surface area contributed by atoms with Gasteiger partial charge in [-0.15, -0.1) is 27.8 Å². The Morgan fingerprint density at radius 2 is 1.81 bits per heavy atom. The highest BCUT2D eigenvalue weighted by Gasteiger charge is 2.40. The number of nitroso groups, excluding NO2 is 1. The van der Waals surface area contributed by atoms with E-state index < -0.39 is 36.0 Å². The van der Waals surface area contributed by atoms with Gasteiger partial charge in [-0.1, -0.05) is 30.4 Å². The van der Waals surface area contributed by atoms with Gasteiger partial charge >= 0.3 is 17.8 Å². The van der Waals surface area contributed by atoms with Gasteiger partial charge in [0.15, 0.2) is 0 Å². The van der Waals surface area contributed by atoms with Crippen molar-refractivity contribution < 1.29 is 28.7 Å². The number of nitrogens with zero attached hydrogens (tertiary/aromatic N) is 1. The molecule has 0 bridgehead atoms. The molecule has 1 unspecified atom stereocenters. The number of carbonyl (C=O) groups excluding carboxylic acids is 4. The lowest BCUT2D eigenvalue weighted by atomic mass is 10.0. The molecule has 170 valence electrons. The predicted octanol–water partition coefficient (Wildman–Crippen LogP) is 2.72. The summed E-state index contributed by atoms with van der Waals surface area (Å²) in [5.41, 5.74) is 2.01. The van der Waals surface area contributed by atoms with Crippen molar-refractivity contribution >= 4 is 46.7 Å². The smallest absolute Gasteiger partial charge is 0.331 e. The molecule has 2 amide bonds. The molecule has 9 nitrogen and oxygen atoms in total. The molecule has 0 fully saturated rings. The van der Waals surface area contributed by atoms with Gasteiger partial charge in [-0.05, 0) is 29.0 Å². The summed E-state index contributed by atoms with van der Waals surface area (Å²) in [6.07, 6.45) is 6.31. The monoisotopic (exact) mass is 480 g/mol. The molecule has 1 aliphatic rings. The molecule has 11 heteroatoms. The van der Waals surface area contributed by atoms with Gasteiger partial charge in [0.05, 0.1) is 11.9 Å². The van der Waals surface area contributed by atoms with E-state index in [-0.39, 0.29) is 11.9 Å². The SMILES string of the molecule is CC(=O)O[C@@H](C(=O)N=O)[C@@H](OC(C)=O)C(=O)NCc1cc(CC2=CC=CC=CC2Cl)cs1. The maximum atomic E-state index is 12.6. The zero-order valence-corrected chi connectivity index (χ0v) is 18.9. The van der Waals surface area contributed by atoms with Gasteiger partial charge < -0.3 is 14.8 Å². The number of ether oxygens (including phenoxy) is 2. The molecule has 3 atom stereocenters. The topological polar surface area (TPSA) is 128 Å². The zero-order chi connectivity index (χ0) is 23.7. The fraction of sp³-hybridized carbons (Fsp3) is 0.333. The summed E-state index contributed by atoms with van der Waals surface area (Å²) in [4.78, 5) is 58.4. The summed E-state index contributed by atoms with van der Waals surface area (Å²) >= 11 is 7.73. The van der Waals surface area contributed by atoms with Gasteiger partial charge in [-0.25, -0.2) is 0 Å². The van der Waals surface area contributed by atoms with Crippen molar-refractivity contribution in [3.63, 3.8) is 0 Å². The van der Waals surface area contributed by atoms with Crippen LogP contribution in [-0.2, 0) is 41.6 Å².